The number of hydrogen-bond acceptors (Lipinski definition) is 3. The van der Waals surface area contributed by atoms with Crippen LogP contribution in [0.3, 0.4) is 0 Å². The Balaban J connectivity index is 1.90. The number of piperazine rings is 1. The Morgan fingerprint density at radius 2 is 2.24 bits per heavy atom. The molecule has 1 aromatic heterocycles. The molecule has 1 aromatic rings. The molecule has 2 rings (SSSR count). The summed E-state index contributed by atoms with van der Waals surface area (Å²) in [4.78, 5) is 19.9. The van der Waals surface area contributed by atoms with Gasteiger partial charge in [-0.1, -0.05) is 6.07 Å². The first kappa shape index (κ1) is 11.9. The number of carbonyl (C=O) groups excluding carboxylic acids is 1. The maximum atomic E-state index is 12.1. The number of pyridine rings is 1. The highest BCUT2D eigenvalue weighted by Crippen LogP contribution is 2.04. The maximum absolute atomic E-state index is 12.1. The fourth-order valence-electron chi connectivity index (χ4n) is 1.90. The van der Waals surface area contributed by atoms with E-state index in [4.69, 9.17) is 0 Å². The quantitative estimate of drug-likeness (QED) is 0.812. The Morgan fingerprint density at radius 1 is 1.47 bits per heavy atom. The van der Waals surface area contributed by atoms with E-state index in [0.717, 1.165) is 31.9 Å². The van der Waals surface area contributed by atoms with Crippen LogP contribution >= 0.6 is 0 Å². The molecule has 0 aromatic carbocycles. The zero-order valence-corrected chi connectivity index (χ0v) is 10.1. The van der Waals surface area contributed by atoms with E-state index in [1.807, 2.05) is 30.1 Å². The van der Waals surface area contributed by atoms with E-state index < -0.39 is 0 Å². The molecular weight excluding hydrogens is 216 g/mol. The van der Waals surface area contributed by atoms with Gasteiger partial charge in [0.05, 0.1) is 12.2 Å². The van der Waals surface area contributed by atoms with Gasteiger partial charge in [-0.3, -0.25) is 4.98 Å². The van der Waals surface area contributed by atoms with E-state index >= 15 is 0 Å². The van der Waals surface area contributed by atoms with Crippen molar-refractivity contribution in [2.24, 2.45) is 0 Å². The van der Waals surface area contributed by atoms with Crippen molar-refractivity contribution in [1.29, 1.82) is 0 Å². The van der Waals surface area contributed by atoms with Gasteiger partial charge in [0.1, 0.15) is 0 Å². The molecule has 1 N–H and O–H groups in total. The summed E-state index contributed by atoms with van der Waals surface area (Å²) in [6, 6.07) is 5.83. The molecule has 17 heavy (non-hydrogen) atoms. The molecule has 0 atom stereocenters. The standard InChI is InChI=1S/C12H18N4O/c1-15(10-11-4-2-3-5-14-11)12(17)16-8-6-13-7-9-16/h2-5,13H,6-10H2,1H3. The van der Waals surface area contributed by atoms with Crippen LogP contribution in [-0.2, 0) is 6.54 Å². The van der Waals surface area contributed by atoms with Gasteiger partial charge in [-0.25, -0.2) is 4.79 Å². The molecule has 92 valence electrons. The highest BCUT2D eigenvalue weighted by molar-refractivity contribution is 5.74. The summed E-state index contributed by atoms with van der Waals surface area (Å²) in [7, 11) is 1.82. The number of nitrogens with zero attached hydrogens (tertiary/aromatic N) is 3. The summed E-state index contributed by atoms with van der Waals surface area (Å²) >= 11 is 0. The number of aromatic nitrogens is 1. The molecule has 2 amide bonds. The van der Waals surface area contributed by atoms with E-state index in [9.17, 15) is 4.79 Å². The molecule has 1 aliphatic rings. The SMILES string of the molecule is CN(Cc1ccccn1)C(=O)N1CCNCC1. The van der Waals surface area contributed by atoms with Gasteiger partial charge >= 0.3 is 6.03 Å². The lowest BCUT2D eigenvalue weighted by atomic mass is 10.3. The summed E-state index contributed by atoms with van der Waals surface area (Å²) in [6.45, 7) is 3.88. The van der Waals surface area contributed by atoms with Crippen molar-refractivity contribution in [3.8, 4) is 0 Å². The Kier molecular flexibility index (Phi) is 3.93. The van der Waals surface area contributed by atoms with Crippen LogP contribution in [0.4, 0.5) is 4.79 Å². The molecule has 0 bridgehead atoms. The number of nitrogens with one attached hydrogen (secondary N) is 1. The average molecular weight is 234 g/mol. The van der Waals surface area contributed by atoms with E-state index in [-0.39, 0.29) is 6.03 Å². The Morgan fingerprint density at radius 3 is 2.88 bits per heavy atom. The van der Waals surface area contributed by atoms with Gasteiger partial charge in [0, 0.05) is 39.4 Å². The molecule has 0 saturated carbocycles. The molecule has 1 fully saturated rings. The first-order valence-corrected chi connectivity index (χ1v) is 5.88. The van der Waals surface area contributed by atoms with E-state index in [0.29, 0.717) is 6.54 Å². The number of amides is 2. The van der Waals surface area contributed by atoms with Crippen LogP contribution in [0.1, 0.15) is 5.69 Å². The molecule has 1 aliphatic heterocycles. The van der Waals surface area contributed by atoms with Crippen molar-refractivity contribution in [3.05, 3.63) is 30.1 Å². The highest BCUT2D eigenvalue weighted by atomic mass is 16.2. The Labute approximate surface area is 101 Å². The number of urea groups is 1. The Hall–Kier alpha value is -1.62. The number of carbonyl (C=O) groups is 1. The first-order chi connectivity index (χ1) is 8.27. The van der Waals surface area contributed by atoms with Crippen molar-refractivity contribution in [2.75, 3.05) is 33.2 Å². The third-order valence-corrected chi connectivity index (χ3v) is 2.84. The third kappa shape index (κ3) is 3.17. The van der Waals surface area contributed by atoms with Crippen molar-refractivity contribution < 1.29 is 4.79 Å². The molecular formula is C12H18N4O. The largest absolute Gasteiger partial charge is 0.322 e. The average Bonchev–Trinajstić information content (AvgIpc) is 2.40. The minimum Gasteiger partial charge on any atom is -0.322 e. The fourth-order valence-corrected chi connectivity index (χ4v) is 1.90. The van der Waals surface area contributed by atoms with Gasteiger partial charge in [0.15, 0.2) is 0 Å². The molecule has 0 radical (unpaired) electrons. The molecule has 2 heterocycles. The number of hydrogen-bond donors (Lipinski definition) is 1. The summed E-state index contributed by atoms with van der Waals surface area (Å²) in [5.41, 5.74) is 0.915. The third-order valence-electron chi connectivity index (χ3n) is 2.84. The van der Waals surface area contributed by atoms with Crippen LogP contribution in [0.2, 0.25) is 0 Å². The van der Waals surface area contributed by atoms with Gasteiger partial charge in [-0.05, 0) is 12.1 Å². The minimum atomic E-state index is 0.0807. The molecule has 0 unspecified atom stereocenters. The van der Waals surface area contributed by atoms with Crippen LogP contribution in [0.25, 0.3) is 0 Å². The van der Waals surface area contributed by atoms with Gasteiger partial charge < -0.3 is 15.1 Å². The van der Waals surface area contributed by atoms with Gasteiger partial charge in [0.25, 0.3) is 0 Å². The van der Waals surface area contributed by atoms with Gasteiger partial charge in [0.2, 0.25) is 0 Å². The molecule has 1 saturated heterocycles. The minimum absolute atomic E-state index is 0.0807. The van der Waals surface area contributed by atoms with Crippen LogP contribution in [0.15, 0.2) is 24.4 Å². The normalized spacial score (nSPS) is 15.7. The van der Waals surface area contributed by atoms with Crippen LogP contribution in [-0.4, -0.2) is 54.0 Å². The van der Waals surface area contributed by atoms with Crippen LogP contribution in [0, 0.1) is 0 Å². The van der Waals surface area contributed by atoms with Crippen LogP contribution < -0.4 is 5.32 Å². The monoisotopic (exact) mass is 234 g/mol. The smallest absolute Gasteiger partial charge is 0.320 e. The van der Waals surface area contributed by atoms with E-state index in [1.54, 1.807) is 11.1 Å². The van der Waals surface area contributed by atoms with E-state index in [1.165, 1.54) is 0 Å². The lowest BCUT2D eigenvalue weighted by Crippen LogP contribution is -2.50. The Bertz CT molecular complexity index is 362. The highest BCUT2D eigenvalue weighted by Gasteiger charge is 2.19. The topological polar surface area (TPSA) is 48.5 Å². The summed E-state index contributed by atoms with van der Waals surface area (Å²) in [6.07, 6.45) is 1.75. The maximum Gasteiger partial charge on any atom is 0.320 e. The lowest BCUT2D eigenvalue weighted by Gasteiger charge is -2.31. The van der Waals surface area contributed by atoms with Crippen LogP contribution in [0.5, 0.6) is 0 Å². The van der Waals surface area contributed by atoms with Crippen molar-refractivity contribution in [1.82, 2.24) is 20.1 Å². The predicted octanol–water partition coefficient (Wildman–Crippen LogP) is 0.539. The van der Waals surface area contributed by atoms with E-state index in [2.05, 4.69) is 10.3 Å². The van der Waals surface area contributed by atoms with Gasteiger partial charge in [-0.15, -0.1) is 0 Å². The summed E-state index contributed by atoms with van der Waals surface area (Å²) < 4.78 is 0. The second kappa shape index (κ2) is 5.63. The second-order valence-corrected chi connectivity index (χ2v) is 4.20. The van der Waals surface area contributed by atoms with Crippen molar-refractivity contribution in [3.63, 3.8) is 0 Å². The molecule has 5 heteroatoms. The summed E-state index contributed by atoms with van der Waals surface area (Å²) in [5.74, 6) is 0. The van der Waals surface area contributed by atoms with Crippen molar-refractivity contribution >= 4 is 6.03 Å². The summed E-state index contributed by atoms with van der Waals surface area (Å²) in [5, 5.41) is 3.23. The molecule has 5 nitrogen and oxygen atoms in total. The zero-order valence-electron chi connectivity index (χ0n) is 10.1. The zero-order chi connectivity index (χ0) is 12.1. The second-order valence-electron chi connectivity index (χ2n) is 4.20. The first-order valence-electron chi connectivity index (χ1n) is 5.88. The van der Waals surface area contributed by atoms with Crippen molar-refractivity contribution in [2.45, 2.75) is 6.54 Å². The fraction of sp³-hybridized carbons (Fsp3) is 0.500. The lowest BCUT2D eigenvalue weighted by molar-refractivity contribution is 0.154. The molecule has 0 spiro atoms. The molecule has 0 aliphatic carbocycles. The number of rotatable bonds is 2. The van der Waals surface area contributed by atoms with Gasteiger partial charge in [-0.2, -0.15) is 0 Å². The predicted molar refractivity (Wildman–Crippen MR) is 65.5 cm³/mol.